The first kappa shape index (κ1) is 7.08. The van der Waals surface area contributed by atoms with Crippen LogP contribution in [0, 0.1) is 6.92 Å². The van der Waals surface area contributed by atoms with Crippen LogP contribution in [-0.4, -0.2) is 14.7 Å². The Hall–Kier alpha value is -1.03. The number of nitrogen functional groups attached to an aromatic ring is 1. The average Bonchev–Trinajstić information content (AvgIpc) is 2.17. The van der Waals surface area contributed by atoms with Crippen molar-refractivity contribution < 1.29 is 5.11 Å². The molecule has 0 aliphatic rings. The van der Waals surface area contributed by atoms with Crippen LogP contribution in [0.2, 0.25) is 0 Å². The molecule has 0 saturated carbocycles. The van der Waals surface area contributed by atoms with Crippen molar-refractivity contribution in [3.05, 3.63) is 11.5 Å². The first-order valence-corrected chi connectivity index (χ1v) is 3.05. The van der Waals surface area contributed by atoms with Gasteiger partial charge < -0.3 is 15.4 Å². The second-order valence-electron chi connectivity index (χ2n) is 2.22. The Bertz CT molecular complexity index is 241. The van der Waals surface area contributed by atoms with Crippen molar-refractivity contribution in [1.82, 2.24) is 9.55 Å². The monoisotopic (exact) mass is 141 g/mol. The van der Waals surface area contributed by atoms with Gasteiger partial charge in [-0.25, -0.2) is 4.98 Å². The van der Waals surface area contributed by atoms with Gasteiger partial charge in [-0.15, -0.1) is 0 Å². The third kappa shape index (κ3) is 0.863. The van der Waals surface area contributed by atoms with Gasteiger partial charge >= 0.3 is 0 Å². The molecule has 3 N–H and O–H groups in total. The number of imidazole rings is 1. The number of aromatic nitrogens is 2. The fourth-order valence-corrected chi connectivity index (χ4v) is 0.849. The summed E-state index contributed by atoms with van der Waals surface area (Å²) in [5, 5.41) is 8.72. The maximum atomic E-state index is 8.72. The Kier molecular flexibility index (Phi) is 1.63. The highest BCUT2D eigenvalue weighted by molar-refractivity contribution is 5.36. The van der Waals surface area contributed by atoms with E-state index in [9.17, 15) is 0 Å². The Morgan fingerprint density at radius 3 is 2.50 bits per heavy atom. The molecule has 0 aromatic carbocycles. The van der Waals surface area contributed by atoms with Crippen molar-refractivity contribution in [2.45, 2.75) is 13.5 Å². The normalized spacial score (nSPS) is 10.3. The summed E-state index contributed by atoms with van der Waals surface area (Å²) in [6.07, 6.45) is 0. The Labute approximate surface area is 59.3 Å². The van der Waals surface area contributed by atoms with Gasteiger partial charge in [0.1, 0.15) is 18.2 Å². The summed E-state index contributed by atoms with van der Waals surface area (Å²) >= 11 is 0. The molecule has 0 aliphatic heterocycles. The Balaban J connectivity index is 3.17. The molecule has 0 aliphatic carbocycles. The molecule has 1 heterocycles. The maximum absolute atomic E-state index is 8.72. The number of hydrogen-bond donors (Lipinski definition) is 2. The van der Waals surface area contributed by atoms with E-state index in [1.54, 1.807) is 11.6 Å². The van der Waals surface area contributed by atoms with Gasteiger partial charge in [0, 0.05) is 7.05 Å². The smallest absolute Gasteiger partial charge is 0.136 e. The van der Waals surface area contributed by atoms with E-state index < -0.39 is 0 Å². The summed E-state index contributed by atoms with van der Waals surface area (Å²) in [5.74, 6) is 1.22. The summed E-state index contributed by atoms with van der Waals surface area (Å²) in [4.78, 5) is 4.02. The molecule has 0 amide bonds. The van der Waals surface area contributed by atoms with Gasteiger partial charge in [-0.05, 0) is 6.92 Å². The minimum atomic E-state index is -0.0610. The van der Waals surface area contributed by atoms with Crippen LogP contribution in [0.5, 0.6) is 0 Å². The number of aliphatic hydroxyl groups excluding tert-OH is 1. The van der Waals surface area contributed by atoms with Crippen LogP contribution in [0.1, 0.15) is 11.5 Å². The van der Waals surface area contributed by atoms with Gasteiger partial charge in [-0.2, -0.15) is 0 Å². The minimum absolute atomic E-state index is 0.0610. The molecule has 4 nitrogen and oxygen atoms in total. The second kappa shape index (κ2) is 2.30. The van der Waals surface area contributed by atoms with Gasteiger partial charge in [-0.3, -0.25) is 0 Å². The van der Waals surface area contributed by atoms with Crippen molar-refractivity contribution in [3.8, 4) is 0 Å². The molecule has 56 valence electrons. The van der Waals surface area contributed by atoms with Gasteiger partial charge in [0.05, 0.1) is 5.69 Å². The molecule has 0 saturated heterocycles. The number of nitrogens with two attached hydrogens (primary N) is 1. The molecular weight excluding hydrogens is 130 g/mol. The van der Waals surface area contributed by atoms with Crippen molar-refractivity contribution in [2.24, 2.45) is 7.05 Å². The molecule has 4 heteroatoms. The molecule has 0 unspecified atom stereocenters. The van der Waals surface area contributed by atoms with Gasteiger partial charge in [0.15, 0.2) is 0 Å². The third-order valence-corrected chi connectivity index (χ3v) is 1.56. The average molecular weight is 141 g/mol. The number of rotatable bonds is 1. The van der Waals surface area contributed by atoms with Crippen LogP contribution in [-0.2, 0) is 13.7 Å². The van der Waals surface area contributed by atoms with E-state index in [0.29, 0.717) is 11.6 Å². The molecule has 10 heavy (non-hydrogen) atoms. The number of nitrogens with zero attached hydrogens (tertiary/aromatic N) is 2. The van der Waals surface area contributed by atoms with E-state index in [-0.39, 0.29) is 6.61 Å². The third-order valence-electron chi connectivity index (χ3n) is 1.56. The van der Waals surface area contributed by atoms with Crippen LogP contribution in [0.15, 0.2) is 0 Å². The molecule has 0 radical (unpaired) electrons. The first-order valence-electron chi connectivity index (χ1n) is 3.05. The zero-order valence-electron chi connectivity index (χ0n) is 6.13. The van der Waals surface area contributed by atoms with E-state index in [1.165, 1.54) is 0 Å². The van der Waals surface area contributed by atoms with E-state index in [4.69, 9.17) is 10.8 Å². The molecule has 1 rings (SSSR count). The largest absolute Gasteiger partial charge is 0.388 e. The Morgan fingerprint density at radius 1 is 1.70 bits per heavy atom. The number of aryl methyl sites for hydroxylation is 1. The second-order valence-corrected chi connectivity index (χ2v) is 2.22. The summed E-state index contributed by atoms with van der Waals surface area (Å²) in [6.45, 7) is 1.75. The molecule has 0 bridgehead atoms. The van der Waals surface area contributed by atoms with Crippen molar-refractivity contribution >= 4 is 5.82 Å². The summed E-state index contributed by atoms with van der Waals surface area (Å²) in [6, 6.07) is 0. The standard InChI is InChI=1S/C6H11N3O/c1-4-6(7)9(2)5(3-10)8-4/h10H,3,7H2,1-2H3. The van der Waals surface area contributed by atoms with Crippen LogP contribution in [0.3, 0.4) is 0 Å². The lowest BCUT2D eigenvalue weighted by atomic mass is 10.5. The number of hydrogen-bond acceptors (Lipinski definition) is 3. The van der Waals surface area contributed by atoms with Gasteiger partial charge in [0.2, 0.25) is 0 Å². The van der Waals surface area contributed by atoms with Crippen molar-refractivity contribution in [3.63, 3.8) is 0 Å². The number of aliphatic hydroxyl groups is 1. The SMILES string of the molecule is Cc1nc(CO)n(C)c1N. The summed E-state index contributed by atoms with van der Waals surface area (Å²) < 4.78 is 1.68. The molecule has 0 fully saturated rings. The van der Waals surface area contributed by atoms with E-state index in [1.807, 2.05) is 6.92 Å². The fourth-order valence-electron chi connectivity index (χ4n) is 0.849. The quantitative estimate of drug-likeness (QED) is 0.569. The van der Waals surface area contributed by atoms with E-state index in [2.05, 4.69) is 4.98 Å². The molecule has 0 atom stereocenters. The molecular formula is C6H11N3O. The maximum Gasteiger partial charge on any atom is 0.136 e. The summed E-state index contributed by atoms with van der Waals surface area (Å²) in [5.41, 5.74) is 6.34. The molecule has 0 spiro atoms. The lowest BCUT2D eigenvalue weighted by Gasteiger charge is -1.97. The summed E-state index contributed by atoms with van der Waals surface area (Å²) in [7, 11) is 1.78. The van der Waals surface area contributed by atoms with Gasteiger partial charge in [0.25, 0.3) is 0 Å². The Morgan fingerprint density at radius 2 is 2.30 bits per heavy atom. The highest BCUT2D eigenvalue weighted by atomic mass is 16.3. The zero-order valence-corrected chi connectivity index (χ0v) is 6.13. The van der Waals surface area contributed by atoms with Crippen molar-refractivity contribution in [1.29, 1.82) is 0 Å². The van der Waals surface area contributed by atoms with E-state index >= 15 is 0 Å². The van der Waals surface area contributed by atoms with Crippen LogP contribution in [0.4, 0.5) is 5.82 Å². The minimum Gasteiger partial charge on any atom is -0.388 e. The predicted molar refractivity (Wildman–Crippen MR) is 38.3 cm³/mol. The molecule has 1 aromatic rings. The lowest BCUT2D eigenvalue weighted by Crippen LogP contribution is -2.01. The highest BCUT2D eigenvalue weighted by Gasteiger charge is 2.05. The van der Waals surface area contributed by atoms with Crippen LogP contribution >= 0.6 is 0 Å². The zero-order chi connectivity index (χ0) is 7.72. The topological polar surface area (TPSA) is 64.1 Å². The van der Waals surface area contributed by atoms with Crippen molar-refractivity contribution in [2.75, 3.05) is 5.73 Å². The fraction of sp³-hybridized carbons (Fsp3) is 0.500. The number of anilines is 1. The molecule has 1 aromatic heterocycles. The highest BCUT2D eigenvalue weighted by Crippen LogP contribution is 2.10. The van der Waals surface area contributed by atoms with Crippen LogP contribution < -0.4 is 5.73 Å². The van der Waals surface area contributed by atoms with Gasteiger partial charge in [-0.1, -0.05) is 0 Å². The van der Waals surface area contributed by atoms with Crippen LogP contribution in [0.25, 0.3) is 0 Å². The first-order chi connectivity index (χ1) is 4.66. The lowest BCUT2D eigenvalue weighted by molar-refractivity contribution is 0.267. The predicted octanol–water partition coefficient (Wildman–Crippen LogP) is -0.197. The van der Waals surface area contributed by atoms with E-state index in [0.717, 1.165) is 5.69 Å².